The highest BCUT2D eigenvalue weighted by Crippen LogP contribution is 2.31. The molecule has 2 aromatic carbocycles. The van der Waals surface area contributed by atoms with Gasteiger partial charge in [0, 0.05) is 6.07 Å². The van der Waals surface area contributed by atoms with Gasteiger partial charge in [0.15, 0.2) is 11.5 Å². The number of ether oxygens (including phenoxy) is 2. The van der Waals surface area contributed by atoms with E-state index < -0.39 is 16.9 Å². The number of anilines is 1. The Hall–Kier alpha value is -3.09. The molecule has 112 valence electrons. The number of rotatable bonds is 3. The molecule has 22 heavy (non-hydrogen) atoms. The molecule has 1 aliphatic heterocycles. The van der Waals surface area contributed by atoms with Crippen LogP contribution in [-0.2, 0) is 4.79 Å². The highest BCUT2D eigenvalue weighted by atomic mass is 16.6. The fourth-order valence-corrected chi connectivity index (χ4v) is 2.10. The van der Waals surface area contributed by atoms with Gasteiger partial charge in [0.2, 0.25) is 6.10 Å². The summed E-state index contributed by atoms with van der Waals surface area (Å²) in [5.41, 5.74) is -0.0482. The van der Waals surface area contributed by atoms with Crippen LogP contribution in [0.15, 0.2) is 48.5 Å². The summed E-state index contributed by atoms with van der Waals surface area (Å²) in [5.74, 6) is 0.539. The molecule has 0 spiro atoms. The van der Waals surface area contributed by atoms with Crippen LogP contribution in [0.25, 0.3) is 0 Å². The second-order valence-corrected chi connectivity index (χ2v) is 4.63. The van der Waals surface area contributed by atoms with Gasteiger partial charge in [-0.2, -0.15) is 0 Å². The van der Waals surface area contributed by atoms with Crippen molar-refractivity contribution in [2.75, 3.05) is 11.9 Å². The summed E-state index contributed by atoms with van der Waals surface area (Å²) in [6.07, 6.45) is -0.866. The largest absolute Gasteiger partial charge is 0.485 e. The molecule has 0 saturated heterocycles. The van der Waals surface area contributed by atoms with Crippen LogP contribution in [0.3, 0.4) is 0 Å². The van der Waals surface area contributed by atoms with Crippen LogP contribution in [0, 0.1) is 10.1 Å². The zero-order valence-corrected chi connectivity index (χ0v) is 11.4. The number of amides is 1. The molecule has 0 aromatic heterocycles. The molecule has 1 atom stereocenters. The summed E-state index contributed by atoms with van der Waals surface area (Å²) in [7, 11) is 0. The summed E-state index contributed by atoms with van der Waals surface area (Å²) in [6, 6.07) is 12.9. The van der Waals surface area contributed by atoms with Crippen LogP contribution in [0.4, 0.5) is 11.4 Å². The third kappa shape index (κ3) is 2.69. The van der Waals surface area contributed by atoms with Gasteiger partial charge in [0.05, 0.1) is 4.92 Å². The van der Waals surface area contributed by atoms with E-state index in [1.165, 1.54) is 18.2 Å². The fraction of sp³-hybridized carbons (Fsp3) is 0.133. The van der Waals surface area contributed by atoms with Crippen LogP contribution in [0.2, 0.25) is 0 Å². The van der Waals surface area contributed by atoms with Crippen LogP contribution >= 0.6 is 0 Å². The number of fused-ring (bicyclic) bond motifs is 1. The average molecular weight is 300 g/mol. The van der Waals surface area contributed by atoms with Crippen LogP contribution in [-0.4, -0.2) is 23.5 Å². The third-order valence-electron chi connectivity index (χ3n) is 3.16. The molecule has 0 bridgehead atoms. The first-order chi connectivity index (χ1) is 10.6. The van der Waals surface area contributed by atoms with Crippen molar-refractivity contribution in [2.45, 2.75) is 6.10 Å². The number of carbonyl (C=O) groups is 1. The molecule has 1 N–H and O–H groups in total. The van der Waals surface area contributed by atoms with Crippen molar-refractivity contribution in [1.29, 1.82) is 0 Å². The van der Waals surface area contributed by atoms with E-state index in [9.17, 15) is 14.9 Å². The lowest BCUT2D eigenvalue weighted by Crippen LogP contribution is -2.40. The average Bonchev–Trinajstić information content (AvgIpc) is 2.54. The Morgan fingerprint density at radius 2 is 1.82 bits per heavy atom. The van der Waals surface area contributed by atoms with E-state index in [0.717, 1.165) is 0 Å². The number of nitrogens with one attached hydrogen (secondary N) is 1. The van der Waals surface area contributed by atoms with Crippen molar-refractivity contribution >= 4 is 17.3 Å². The lowest BCUT2D eigenvalue weighted by Gasteiger charge is -2.25. The standard InChI is InChI=1S/C15H12N2O5/c18-15(16-10-5-1-2-6-11(10)17(19)20)14-9-21-12-7-3-4-8-13(12)22-14/h1-8,14H,9H2,(H,16,18)/t14-/m0/s1. The monoisotopic (exact) mass is 300 g/mol. The molecule has 0 fully saturated rings. The van der Waals surface area contributed by atoms with Crippen molar-refractivity contribution in [3.05, 3.63) is 58.6 Å². The van der Waals surface area contributed by atoms with E-state index in [2.05, 4.69) is 5.32 Å². The number of hydrogen-bond donors (Lipinski definition) is 1. The fourth-order valence-electron chi connectivity index (χ4n) is 2.10. The lowest BCUT2D eigenvalue weighted by atomic mass is 10.2. The number of carbonyl (C=O) groups excluding carboxylic acids is 1. The van der Waals surface area contributed by atoms with Gasteiger partial charge >= 0.3 is 0 Å². The predicted molar refractivity (Wildman–Crippen MR) is 78.1 cm³/mol. The van der Waals surface area contributed by atoms with Crippen LogP contribution < -0.4 is 14.8 Å². The quantitative estimate of drug-likeness (QED) is 0.694. The number of benzene rings is 2. The lowest BCUT2D eigenvalue weighted by molar-refractivity contribution is -0.383. The van der Waals surface area contributed by atoms with Gasteiger partial charge in [-0.15, -0.1) is 0 Å². The first-order valence-corrected chi connectivity index (χ1v) is 6.58. The normalized spacial score (nSPS) is 15.9. The molecule has 1 heterocycles. The highest BCUT2D eigenvalue weighted by molar-refractivity contribution is 5.96. The van der Waals surface area contributed by atoms with Gasteiger partial charge in [-0.1, -0.05) is 24.3 Å². The molecule has 3 rings (SSSR count). The Kier molecular flexibility index (Phi) is 3.61. The zero-order valence-electron chi connectivity index (χ0n) is 11.4. The van der Waals surface area contributed by atoms with Crippen molar-refractivity contribution in [3.8, 4) is 11.5 Å². The van der Waals surface area contributed by atoms with Crippen molar-refractivity contribution in [3.63, 3.8) is 0 Å². The van der Waals surface area contributed by atoms with E-state index in [-0.39, 0.29) is 18.0 Å². The topological polar surface area (TPSA) is 90.7 Å². The molecule has 0 radical (unpaired) electrons. The van der Waals surface area contributed by atoms with E-state index in [4.69, 9.17) is 9.47 Å². The summed E-state index contributed by atoms with van der Waals surface area (Å²) >= 11 is 0. The van der Waals surface area contributed by atoms with E-state index >= 15 is 0 Å². The minimum atomic E-state index is -0.866. The first-order valence-electron chi connectivity index (χ1n) is 6.58. The van der Waals surface area contributed by atoms with Gasteiger partial charge in [0.1, 0.15) is 12.3 Å². The Morgan fingerprint density at radius 1 is 1.14 bits per heavy atom. The Balaban J connectivity index is 1.75. The molecule has 0 unspecified atom stereocenters. The van der Waals surface area contributed by atoms with Crippen molar-refractivity contribution < 1.29 is 19.2 Å². The van der Waals surface area contributed by atoms with Crippen molar-refractivity contribution in [2.24, 2.45) is 0 Å². The summed E-state index contributed by atoms with van der Waals surface area (Å²) in [6.45, 7) is 0.0451. The van der Waals surface area contributed by atoms with E-state index in [1.807, 2.05) is 0 Å². The molecule has 0 saturated carbocycles. The van der Waals surface area contributed by atoms with E-state index in [1.54, 1.807) is 30.3 Å². The van der Waals surface area contributed by atoms with Crippen LogP contribution in [0.1, 0.15) is 0 Å². The number of nitro groups is 1. The Bertz CT molecular complexity index is 731. The van der Waals surface area contributed by atoms with Crippen molar-refractivity contribution in [1.82, 2.24) is 0 Å². The third-order valence-corrected chi connectivity index (χ3v) is 3.16. The number of nitrogens with zero attached hydrogens (tertiary/aromatic N) is 1. The molecule has 1 aliphatic rings. The predicted octanol–water partition coefficient (Wildman–Crippen LogP) is 2.37. The van der Waals surface area contributed by atoms with Gasteiger partial charge in [-0.25, -0.2) is 0 Å². The van der Waals surface area contributed by atoms with E-state index in [0.29, 0.717) is 11.5 Å². The maximum absolute atomic E-state index is 12.2. The Morgan fingerprint density at radius 3 is 2.59 bits per heavy atom. The smallest absolute Gasteiger partial charge is 0.292 e. The SMILES string of the molecule is O=C(Nc1ccccc1[N+](=O)[O-])[C@@H]1COc2ccccc2O1. The second kappa shape index (κ2) is 5.72. The minimum absolute atomic E-state index is 0.0451. The molecule has 0 aliphatic carbocycles. The molecule has 7 heteroatoms. The molecule has 1 amide bonds. The number of nitro benzene ring substituents is 1. The summed E-state index contributed by atoms with van der Waals surface area (Å²) in [4.78, 5) is 22.6. The summed E-state index contributed by atoms with van der Waals surface area (Å²) < 4.78 is 11.0. The van der Waals surface area contributed by atoms with Gasteiger partial charge < -0.3 is 14.8 Å². The molecule has 7 nitrogen and oxygen atoms in total. The molecular formula is C15H12N2O5. The number of hydrogen-bond acceptors (Lipinski definition) is 5. The highest BCUT2D eigenvalue weighted by Gasteiger charge is 2.28. The molecule has 2 aromatic rings. The zero-order chi connectivity index (χ0) is 15.5. The number of para-hydroxylation sites is 4. The minimum Gasteiger partial charge on any atom is -0.485 e. The van der Waals surface area contributed by atoms with Gasteiger partial charge in [-0.3, -0.25) is 14.9 Å². The first kappa shape index (κ1) is 13.9. The van der Waals surface area contributed by atoms with Crippen LogP contribution in [0.5, 0.6) is 11.5 Å². The summed E-state index contributed by atoms with van der Waals surface area (Å²) in [5, 5.41) is 13.4. The van der Waals surface area contributed by atoms with Gasteiger partial charge in [-0.05, 0) is 18.2 Å². The maximum atomic E-state index is 12.2. The second-order valence-electron chi connectivity index (χ2n) is 4.63. The van der Waals surface area contributed by atoms with Gasteiger partial charge in [0.25, 0.3) is 11.6 Å². The molecular weight excluding hydrogens is 288 g/mol. The maximum Gasteiger partial charge on any atom is 0.292 e. The Labute approximate surface area is 125 Å².